The van der Waals surface area contributed by atoms with Crippen molar-refractivity contribution >= 4 is 11.6 Å². The van der Waals surface area contributed by atoms with Gasteiger partial charge in [0.25, 0.3) is 0 Å². The molecule has 3 saturated carbocycles. The molecule has 2 nitrogen and oxygen atoms in total. The first kappa shape index (κ1) is 31.0. The van der Waals surface area contributed by atoms with Crippen LogP contribution in [-0.2, 0) is 9.59 Å². The second kappa shape index (κ2) is 7.72. The Bertz CT molecular complexity index is 1150. The summed E-state index contributed by atoms with van der Waals surface area (Å²) >= 11 is 0. The molecule has 0 saturated heterocycles. The van der Waals surface area contributed by atoms with Gasteiger partial charge in [-0.2, -0.15) is 0 Å². The van der Waals surface area contributed by atoms with Crippen molar-refractivity contribution in [1.82, 2.24) is 0 Å². The Morgan fingerprint density at radius 3 is 1.69 bits per heavy atom. The third kappa shape index (κ3) is 2.96. The fourth-order valence-corrected chi connectivity index (χ4v) is 13.2. The van der Waals surface area contributed by atoms with Gasteiger partial charge in [-0.05, 0) is 93.5 Å². The standard InChI is InChI=1S/C37H62O2/c1-21-25-31(8,9)30(6,7)24-23(37(25,29(3,4)5)35(16,17)34(14,15)28(21)39)19-20-36(18)26(22(2)38)32(10,11)33(12,13)27(24)36/h23-24,26-27H,19-20H2,1-18H3/t23-,24+,26-,27+,36+,37+/m0/s1. The smallest absolute Gasteiger partial charge is 0.164 e. The van der Waals surface area contributed by atoms with Crippen LogP contribution in [0.5, 0.6) is 0 Å². The van der Waals surface area contributed by atoms with Crippen LogP contribution in [-0.4, -0.2) is 11.6 Å². The van der Waals surface area contributed by atoms with Crippen LogP contribution in [0.2, 0.25) is 0 Å². The normalized spacial score (nSPS) is 42.9. The van der Waals surface area contributed by atoms with E-state index in [0.717, 1.165) is 18.4 Å². The van der Waals surface area contributed by atoms with E-state index in [-0.39, 0.29) is 49.2 Å². The summed E-state index contributed by atoms with van der Waals surface area (Å²) in [5, 5.41) is 0. The molecule has 0 heterocycles. The molecule has 0 radical (unpaired) electrons. The van der Waals surface area contributed by atoms with Crippen molar-refractivity contribution in [3.63, 3.8) is 0 Å². The summed E-state index contributed by atoms with van der Waals surface area (Å²) in [5.41, 5.74) is 1.21. The van der Waals surface area contributed by atoms with Crippen LogP contribution < -0.4 is 0 Å². The van der Waals surface area contributed by atoms with E-state index in [1.54, 1.807) is 0 Å². The van der Waals surface area contributed by atoms with E-state index in [2.05, 4.69) is 118 Å². The highest BCUT2D eigenvalue weighted by atomic mass is 16.1. The number of rotatable bonds is 1. The third-order valence-corrected chi connectivity index (χ3v) is 15.8. The summed E-state index contributed by atoms with van der Waals surface area (Å²) < 4.78 is 0. The summed E-state index contributed by atoms with van der Waals surface area (Å²) in [4.78, 5) is 27.8. The monoisotopic (exact) mass is 538 g/mol. The molecule has 222 valence electrons. The van der Waals surface area contributed by atoms with Crippen molar-refractivity contribution in [2.45, 2.75) is 137 Å². The Labute approximate surface area is 241 Å². The average Bonchev–Trinajstić information content (AvgIpc) is 2.85. The van der Waals surface area contributed by atoms with Gasteiger partial charge in [-0.3, -0.25) is 9.59 Å². The van der Waals surface area contributed by atoms with Crippen LogP contribution >= 0.6 is 0 Å². The highest BCUT2D eigenvalue weighted by molar-refractivity contribution is 6.02. The molecular weight excluding hydrogens is 476 g/mol. The molecule has 2 heteroatoms. The predicted molar refractivity (Wildman–Crippen MR) is 164 cm³/mol. The summed E-state index contributed by atoms with van der Waals surface area (Å²) in [7, 11) is 0. The highest BCUT2D eigenvalue weighted by Crippen LogP contribution is 2.85. The Morgan fingerprint density at radius 1 is 0.769 bits per heavy atom. The van der Waals surface area contributed by atoms with Gasteiger partial charge in [-0.25, -0.2) is 0 Å². The lowest BCUT2D eigenvalue weighted by Crippen LogP contribution is -2.74. The van der Waals surface area contributed by atoms with E-state index in [4.69, 9.17) is 0 Å². The first-order chi connectivity index (χ1) is 17.1. The Kier molecular flexibility index (Phi) is 6.14. The lowest BCUT2D eigenvalue weighted by molar-refractivity contribution is -0.246. The molecule has 0 aliphatic heterocycles. The molecule has 0 N–H and O–H groups in total. The Morgan fingerprint density at radius 2 is 1.26 bits per heavy atom. The number of carbonyl (C=O) groups is 2. The number of allylic oxidation sites excluding steroid dienone is 1. The van der Waals surface area contributed by atoms with Gasteiger partial charge in [-0.15, -0.1) is 0 Å². The van der Waals surface area contributed by atoms with Crippen molar-refractivity contribution < 1.29 is 9.59 Å². The Balaban J connectivity index is 2.21. The molecule has 0 unspecified atom stereocenters. The van der Waals surface area contributed by atoms with E-state index in [1.807, 2.05) is 6.92 Å². The van der Waals surface area contributed by atoms with Gasteiger partial charge in [0, 0.05) is 16.7 Å². The number of carbonyl (C=O) groups excluding carboxylic acids is 2. The zero-order chi connectivity index (χ0) is 30.5. The number of hydrogen-bond acceptors (Lipinski definition) is 2. The van der Waals surface area contributed by atoms with Crippen LogP contribution in [0.25, 0.3) is 0 Å². The summed E-state index contributed by atoms with van der Waals surface area (Å²) in [6.07, 6.45) is 2.20. The summed E-state index contributed by atoms with van der Waals surface area (Å²) in [6.45, 7) is 43.0. The van der Waals surface area contributed by atoms with Crippen LogP contribution in [0.3, 0.4) is 0 Å². The lowest BCUT2D eigenvalue weighted by atomic mass is 9.25. The maximum Gasteiger partial charge on any atom is 0.164 e. The number of fused-ring (bicyclic) bond motifs is 5. The number of ketones is 2. The first-order valence-electron chi connectivity index (χ1n) is 15.9. The molecule has 0 aromatic heterocycles. The molecule has 4 aliphatic rings. The zero-order valence-electron chi connectivity index (χ0n) is 29.0. The fraction of sp³-hybridized carbons (Fsp3) is 0.892. The van der Waals surface area contributed by atoms with Gasteiger partial charge >= 0.3 is 0 Å². The van der Waals surface area contributed by atoms with E-state index in [9.17, 15) is 9.59 Å². The maximum absolute atomic E-state index is 14.3. The lowest BCUT2D eigenvalue weighted by Gasteiger charge is -2.78. The van der Waals surface area contributed by atoms with E-state index in [1.165, 1.54) is 5.57 Å². The molecule has 6 atom stereocenters. The van der Waals surface area contributed by atoms with Crippen LogP contribution in [0.4, 0.5) is 0 Å². The molecule has 3 fully saturated rings. The van der Waals surface area contributed by atoms with Crippen LogP contribution in [0.1, 0.15) is 137 Å². The largest absolute Gasteiger partial charge is 0.300 e. The molecule has 4 rings (SSSR count). The van der Waals surface area contributed by atoms with E-state index in [0.29, 0.717) is 29.3 Å². The van der Waals surface area contributed by atoms with Crippen molar-refractivity contribution in [2.24, 2.45) is 72.4 Å². The Hall–Kier alpha value is -0.920. The van der Waals surface area contributed by atoms with Crippen molar-refractivity contribution in [3.8, 4) is 0 Å². The van der Waals surface area contributed by atoms with Gasteiger partial charge in [-0.1, -0.05) is 111 Å². The van der Waals surface area contributed by atoms with Gasteiger partial charge < -0.3 is 0 Å². The van der Waals surface area contributed by atoms with Gasteiger partial charge in [0.05, 0.1) is 0 Å². The molecule has 0 spiro atoms. The maximum atomic E-state index is 14.3. The van der Waals surface area contributed by atoms with Crippen molar-refractivity contribution in [1.29, 1.82) is 0 Å². The zero-order valence-corrected chi connectivity index (χ0v) is 29.0. The van der Waals surface area contributed by atoms with Crippen molar-refractivity contribution in [3.05, 3.63) is 11.1 Å². The SMILES string of the molecule is CC(=O)[C@H]1C(C)(C)C(C)(C)[C@H]2[C@H]3[C@H](CC[C@@]21C)[C@]1(C(C)(C)C)C(=C(C)C(=O)C(C)(C)C1(C)C)C(C)(C)C3(C)C. The van der Waals surface area contributed by atoms with Gasteiger partial charge in [0.15, 0.2) is 5.78 Å². The number of Topliss-reactive ketones (excluding diaryl/α,β-unsaturated/α-hetero) is 2. The molecular formula is C37H62O2. The molecule has 0 amide bonds. The summed E-state index contributed by atoms with van der Waals surface area (Å²) in [6, 6.07) is 0. The molecule has 0 aromatic carbocycles. The first-order valence-corrected chi connectivity index (χ1v) is 15.9. The highest BCUT2D eigenvalue weighted by Gasteiger charge is 2.80. The molecule has 0 aromatic rings. The number of hydrogen-bond donors (Lipinski definition) is 0. The topological polar surface area (TPSA) is 34.1 Å². The minimum Gasteiger partial charge on any atom is -0.300 e. The second-order valence-electron chi connectivity index (χ2n) is 19.1. The third-order valence-electron chi connectivity index (χ3n) is 15.8. The minimum atomic E-state index is -0.469. The van der Waals surface area contributed by atoms with E-state index >= 15 is 0 Å². The predicted octanol–water partition coefficient (Wildman–Crippen LogP) is 9.96. The van der Waals surface area contributed by atoms with Crippen molar-refractivity contribution in [2.75, 3.05) is 0 Å². The average molecular weight is 539 g/mol. The van der Waals surface area contributed by atoms with Gasteiger partial charge in [0.1, 0.15) is 5.78 Å². The second-order valence-corrected chi connectivity index (χ2v) is 19.1. The van der Waals surface area contributed by atoms with Crippen LogP contribution in [0, 0.1) is 72.4 Å². The quantitative estimate of drug-likeness (QED) is 0.333. The van der Waals surface area contributed by atoms with E-state index < -0.39 is 5.41 Å². The molecule has 0 bridgehead atoms. The fourth-order valence-electron chi connectivity index (χ4n) is 13.2. The van der Waals surface area contributed by atoms with Gasteiger partial charge in [0.2, 0.25) is 0 Å². The summed E-state index contributed by atoms with van der Waals surface area (Å²) in [5.74, 6) is 2.06. The van der Waals surface area contributed by atoms with Crippen LogP contribution in [0.15, 0.2) is 11.1 Å². The molecule has 4 aliphatic carbocycles. The minimum absolute atomic E-state index is 0.00570. The molecule has 39 heavy (non-hydrogen) atoms.